The lowest BCUT2D eigenvalue weighted by Gasteiger charge is -2.25. The number of sulfonamides is 1. The molecule has 6 nitrogen and oxygen atoms in total. The van der Waals surface area contributed by atoms with Crippen molar-refractivity contribution in [2.24, 2.45) is 0 Å². The Morgan fingerprint density at radius 3 is 2.47 bits per heavy atom. The minimum atomic E-state index is -3.47. The van der Waals surface area contributed by atoms with E-state index in [0.29, 0.717) is 18.8 Å². The fraction of sp³-hybridized carbons (Fsp3) is 0.381. The Bertz CT molecular complexity index is 977. The molecule has 0 aliphatic carbocycles. The molecule has 0 spiro atoms. The van der Waals surface area contributed by atoms with Crippen molar-refractivity contribution in [1.29, 1.82) is 0 Å². The summed E-state index contributed by atoms with van der Waals surface area (Å²) in [5, 5.41) is 2.93. The second-order valence-electron chi connectivity index (χ2n) is 7.05. The van der Waals surface area contributed by atoms with Crippen LogP contribution in [-0.2, 0) is 21.2 Å². The van der Waals surface area contributed by atoms with Crippen molar-refractivity contribution in [2.45, 2.75) is 30.6 Å². The van der Waals surface area contributed by atoms with Crippen molar-refractivity contribution in [1.82, 2.24) is 9.62 Å². The fourth-order valence-electron chi connectivity index (χ4n) is 3.22. The standard InChI is InChI=1S/C21H24ClFN2O4S/c22-17-5-4-16(20(23)15-17)14-21(26)24-10-13-29-18-6-8-19(9-7-18)30(27,28)25-11-2-1-3-12-25/h4-9,15H,1-3,10-14H2,(H,24,26). The van der Waals surface area contributed by atoms with E-state index in [2.05, 4.69) is 5.32 Å². The zero-order valence-electron chi connectivity index (χ0n) is 16.4. The first-order valence-corrected chi connectivity index (χ1v) is 11.6. The van der Waals surface area contributed by atoms with Crippen LogP contribution >= 0.6 is 11.6 Å². The molecular formula is C21H24ClFN2O4S. The Hall–Kier alpha value is -2.16. The largest absolute Gasteiger partial charge is 0.492 e. The minimum absolute atomic E-state index is 0.0912. The van der Waals surface area contributed by atoms with Crippen molar-refractivity contribution >= 4 is 27.5 Å². The van der Waals surface area contributed by atoms with E-state index in [-0.39, 0.29) is 41.0 Å². The predicted octanol–water partition coefficient (Wildman–Crippen LogP) is 3.39. The number of amides is 1. The highest BCUT2D eigenvalue weighted by atomic mass is 35.5. The predicted molar refractivity (Wildman–Crippen MR) is 113 cm³/mol. The van der Waals surface area contributed by atoms with Gasteiger partial charge in [-0.2, -0.15) is 4.31 Å². The molecule has 1 N–H and O–H groups in total. The van der Waals surface area contributed by atoms with E-state index < -0.39 is 15.8 Å². The van der Waals surface area contributed by atoms with Crippen LogP contribution in [0.5, 0.6) is 5.75 Å². The van der Waals surface area contributed by atoms with Crippen LogP contribution in [0.4, 0.5) is 4.39 Å². The molecule has 1 aliphatic rings. The van der Waals surface area contributed by atoms with Crippen molar-refractivity contribution in [3.63, 3.8) is 0 Å². The number of nitrogens with zero attached hydrogens (tertiary/aromatic N) is 1. The number of carbonyl (C=O) groups is 1. The number of carbonyl (C=O) groups excluding carboxylic acids is 1. The van der Waals surface area contributed by atoms with Gasteiger partial charge in [0.25, 0.3) is 0 Å². The van der Waals surface area contributed by atoms with Gasteiger partial charge in [-0.3, -0.25) is 4.79 Å². The molecule has 1 saturated heterocycles. The van der Waals surface area contributed by atoms with E-state index in [1.165, 1.54) is 34.6 Å². The van der Waals surface area contributed by atoms with E-state index in [1.54, 1.807) is 12.1 Å². The first-order valence-electron chi connectivity index (χ1n) is 9.80. The quantitative estimate of drug-likeness (QED) is 0.620. The SMILES string of the molecule is O=C(Cc1ccc(Cl)cc1F)NCCOc1ccc(S(=O)(=O)N2CCCCC2)cc1. The maximum Gasteiger partial charge on any atom is 0.243 e. The number of benzene rings is 2. The summed E-state index contributed by atoms with van der Waals surface area (Å²) in [6.45, 7) is 1.55. The molecule has 2 aromatic rings. The highest BCUT2D eigenvalue weighted by Gasteiger charge is 2.25. The van der Waals surface area contributed by atoms with Gasteiger partial charge in [-0.1, -0.05) is 24.1 Å². The maximum atomic E-state index is 13.7. The van der Waals surface area contributed by atoms with Crippen LogP contribution in [-0.4, -0.2) is 44.9 Å². The summed E-state index contributed by atoms with van der Waals surface area (Å²) in [6.07, 6.45) is 2.74. The molecule has 9 heteroatoms. The molecule has 2 aromatic carbocycles. The second kappa shape index (κ2) is 10.2. The molecule has 162 valence electrons. The van der Waals surface area contributed by atoms with E-state index in [4.69, 9.17) is 16.3 Å². The molecule has 3 rings (SSSR count). The number of piperidine rings is 1. The maximum absolute atomic E-state index is 13.7. The summed E-state index contributed by atoms with van der Waals surface area (Å²) in [6, 6.07) is 10.4. The Balaban J connectivity index is 1.44. The first kappa shape index (κ1) is 22.5. The second-order valence-corrected chi connectivity index (χ2v) is 9.42. The molecule has 0 unspecified atom stereocenters. The fourth-order valence-corrected chi connectivity index (χ4v) is 4.90. The monoisotopic (exact) mass is 454 g/mol. The Kier molecular flexibility index (Phi) is 7.69. The zero-order chi connectivity index (χ0) is 21.6. The summed E-state index contributed by atoms with van der Waals surface area (Å²) in [4.78, 5) is 12.2. The highest BCUT2D eigenvalue weighted by molar-refractivity contribution is 7.89. The van der Waals surface area contributed by atoms with Gasteiger partial charge >= 0.3 is 0 Å². The van der Waals surface area contributed by atoms with Crippen LogP contribution in [0.25, 0.3) is 0 Å². The molecule has 1 aliphatic heterocycles. The van der Waals surface area contributed by atoms with Crippen molar-refractivity contribution in [2.75, 3.05) is 26.2 Å². The Labute approximate surface area is 181 Å². The van der Waals surface area contributed by atoms with E-state index in [0.717, 1.165) is 19.3 Å². The molecule has 0 aromatic heterocycles. The van der Waals surface area contributed by atoms with Gasteiger partial charge in [-0.15, -0.1) is 0 Å². The number of hydrogen-bond donors (Lipinski definition) is 1. The zero-order valence-corrected chi connectivity index (χ0v) is 18.0. The molecule has 0 atom stereocenters. The van der Waals surface area contributed by atoms with E-state index >= 15 is 0 Å². The van der Waals surface area contributed by atoms with Crippen molar-refractivity contribution in [3.8, 4) is 5.75 Å². The lowest BCUT2D eigenvalue weighted by atomic mass is 10.1. The van der Waals surface area contributed by atoms with Crippen LogP contribution in [0, 0.1) is 5.82 Å². The first-order chi connectivity index (χ1) is 14.4. The lowest BCUT2D eigenvalue weighted by Crippen LogP contribution is -2.35. The van der Waals surface area contributed by atoms with Crippen LogP contribution < -0.4 is 10.1 Å². The number of halogens is 2. The molecule has 0 radical (unpaired) electrons. The third-order valence-electron chi connectivity index (χ3n) is 4.84. The molecule has 1 heterocycles. The summed E-state index contributed by atoms with van der Waals surface area (Å²) >= 11 is 5.70. The molecule has 0 saturated carbocycles. The van der Waals surface area contributed by atoms with Crippen molar-refractivity contribution in [3.05, 3.63) is 58.9 Å². The summed E-state index contributed by atoms with van der Waals surface area (Å²) in [7, 11) is -3.47. The molecular weight excluding hydrogens is 431 g/mol. The van der Waals surface area contributed by atoms with Gasteiger partial charge in [0.15, 0.2) is 0 Å². The average Bonchev–Trinajstić information content (AvgIpc) is 2.74. The normalized spacial score (nSPS) is 15.0. The minimum Gasteiger partial charge on any atom is -0.492 e. The molecule has 30 heavy (non-hydrogen) atoms. The van der Waals surface area contributed by atoms with Crippen LogP contribution in [0.1, 0.15) is 24.8 Å². The number of ether oxygens (including phenoxy) is 1. The van der Waals surface area contributed by atoms with Crippen LogP contribution in [0.15, 0.2) is 47.4 Å². The van der Waals surface area contributed by atoms with Gasteiger partial charge < -0.3 is 10.1 Å². The van der Waals surface area contributed by atoms with E-state index in [9.17, 15) is 17.6 Å². The summed E-state index contributed by atoms with van der Waals surface area (Å²) in [5.74, 6) is -0.345. The van der Waals surface area contributed by atoms with Gasteiger partial charge in [-0.25, -0.2) is 12.8 Å². The van der Waals surface area contributed by atoms with Gasteiger partial charge in [0.1, 0.15) is 18.2 Å². The van der Waals surface area contributed by atoms with Crippen LogP contribution in [0.2, 0.25) is 5.02 Å². The number of nitrogens with one attached hydrogen (secondary N) is 1. The summed E-state index contributed by atoms with van der Waals surface area (Å²) in [5.41, 5.74) is 0.267. The summed E-state index contributed by atoms with van der Waals surface area (Å²) < 4.78 is 46.0. The Morgan fingerprint density at radius 1 is 1.10 bits per heavy atom. The third kappa shape index (κ3) is 5.93. The molecule has 1 amide bonds. The number of hydrogen-bond acceptors (Lipinski definition) is 4. The van der Waals surface area contributed by atoms with Gasteiger partial charge in [-0.05, 0) is 54.8 Å². The highest BCUT2D eigenvalue weighted by Crippen LogP contribution is 2.22. The van der Waals surface area contributed by atoms with Gasteiger partial charge in [0.2, 0.25) is 15.9 Å². The molecule has 1 fully saturated rings. The smallest absolute Gasteiger partial charge is 0.243 e. The van der Waals surface area contributed by atoms with Crippen LogP contribution in [0.3, 0.4) is 0 Å². The Morgan fingerprint density at radius 2 is 1.80 bits per heavy atom. The average molecular weight is 455 g/mol. The van der Waals surface area contributed by atoms with Gasteiger partial charge in [0, 0.05) is 18.1 Å². The lowest BCUT2D eigenvalue weighted by molar-refractivity contribution is -0.120. The van der Waals surface area contributed by atoms with Crippen molar-refractivity contribution < 1.29 is 22.3 Å². The van der Waals surface area contributed by atoms with Gasteiger partial charge in [0.05, 0.1) is 17.9 Å². The van der Waals surface area contributed by atoms with E-state index in [1.807, 2.05) is 0 Å². The topological polar surface area (TPSA) is 75.7 Å². The molecule has 0 bridgehead atoms. The number of rotatable bonds is 8. The third-order valence-corrected chi connectivity index (χ3v) is 6.98.